The van der Waals surface area contributed by atoms with Crippen molar-refractivity contribution < 1.29 is 19.1 Å². The van der Waals surface area contributed by atoms with Gasteiger partial charge in [0, 0.05) is 22.7 Å². The van der Waals surface area contributed by atoms with Crippen molar-refractivity contribution in [2.45, 2.75) is 26.9 Å². The topological polar surface area (TPSA) is 101 Å². The zero-order chi connectivity index (χ0) is 21.7. The molecule has 0 unspecified atom stereocenters. The third kappa shape index (κ3) is 5.00. The van der Waals surface area contributed by atoms with Crippen molar-refractivity contribution in [1.29, 1.82) is 0 Å². The summed E-state index contributed by atoms with van der Waals surface area (Å²) in [7, 11) is 0. The first kappa shape index (κ1) is 21.0. The first-order valence-corrected chi connectivity index (χ1v) is 9.62. The molecule has 2 aromatic carbocycles. The van der Waals surface area contributed by atoms with Gasteiger partial charge in [0.15, 0.2) is 6.10 Å². The minimum Gasteiger partial charge on any atom is -0.450 e. The number of hydrogen-bond donors (Lipinski definition) is 2. The van der Waals surface area contributed by atoms with Gasteiger partial charge in [-0.3, -0.25) is 14.7 Å². The smallest absolute Gasteiger partial charge is 0.357 e. The van der Waals surface area contributed by atoms with E-state index in [1.54, 1.807) is 44.2 Å². The number of rotatable bonds is 7. The predicted molar refractivity (Wildman–Crippen MR) is 113 cm³/mol. The highest BCUT2D eigenvalue weighted by atomic mass is 16.5. The van der Waals surface area contributed by atoms with E-state index >= 15 is 0 Å². The molecule has 7 nitrogen and oxygen atoms in total. The number of H-pyrrole nitrogens is 1. The molecule has 3 aromatic rings. The molecule has 7 heteroatoms. The van der Waals surface area contributed by atoms with Crippen LogP contribution in [0.25, 0.3) is 11.3 Å². The highest BCUT2D eigenvalue weighted by molar-refractivity contribution is 6.02. The second-order valence-electron chi connectivity index (χ2n) is 7.17. The first-order valence-electron chi connectivity index (χ1n) is 9.62. The number of esters is 1. The Morgan fingerprint density at radius 3 is 2.27 bits per heavy atom. The zero-order valence-corrected chi connectivity index (χ0v) is 17.0. The van der Waals surface area contributed by atoms with Gasteiger partial charge < -0.3 is 10.1 Å². The van der Waals surface area contributed by atoms with Gasteiger partial charge in [-0.15, -0.1) is 0 Å². The molecule has 0 saturated heterocycles. The van der Waals surface area contributed by atoms with E-state index in [-0.39, 0.29) is 23.3 Å². The van der Waals surface area contributed by atoms with Gasteiger partial charge in [-0.05, 0) is 37.3 Å². The Hall–Kier alpha value is -3.74. The quantitative estimate of drug-likeness (QED) is 0.455. The molecule has 0 radical (unpaired) electrons. The van der Waals surface area contributed by atoms with Crippen LogP contribution in [0.1, 0.15) is 41.6 Å². The van der Waals surface area contributed by atoms with Crippen LogP contribution in [-0.2, 0) is 9.53 Å². The van der Waals surface area contributed by atoms with E-state index in [4.69, 9.17) is 4.74 Å². The Morgan fingerprint density at radius 2 is 1.63 bits per heavy atom. The number of nitrogens with zero attached hydrogens (tertiary/aromatic N) is 1. The molecular formula is C23H23N3O4. The summed E-state index contributed by atoms with van der Waals surface area (Å²) in [6, 6.07) is 17.5. The maximum Gasteiger partial charge on any atom is 0.357 e. The summed E-state index contributed by atoms with van der Waals surface area (Å²) in [6.07, 6.45) is -0.975. The van der Waals surface area contributed by atoms with E-state index in [2.05, 4.69) is 15.5 Å². The zero-order valence-electron chi connectivity index (χ0n) is 17.0. The van der Waals surface area contributed by atoms with Crippen molar-refractivity contribution in [3.8, 4) is 11.3 Å². The number of nitrogens with one attached hydrogen (secondary N) is 2. The van der Waals surface area contributed by atoms with Gasteiger partial charge in [0.2, 0.25) is 11.7 Å². The monoisotopic (exact) mass is 405 g/mol. The normalized spacial score (nSPS) is 11.7. The van der Waals surface area contributed by atoms with E-state index in [1.807, 2.05) is 30.3 Å². The van der Waals surface area contributed by atoms with Crippen LogP contribution in [0.2, 0.25) is 0 Å². The van der Waals surface area contributed by atoms with Crippen molar-refractivity contribution in [1.82, 2.24) is 10.2 Å². The fourth-order valence-electron chi connectivity index (χ4n) is 2.70. The molecule has 0 aliphatic carbocycles. The highest BCUT2D eigenvalue weighted by Gasteiger charge is 2.22. The number of anilines is 1. The maximum absolute atomic E-state index is 12.6. The summed E-state index contributed by atoms with van der Waals surface area (Å²) < 4.78 is 5.30. The van der Waals surface area contributed by atoms with E-state index < -0.39 is 12.1 Å². The van der Waals surface area contributed by atoms with Crippen LogP contribution >= 0.6 is 0 Å². The average Bonchev–Trinajstić information content (AvgIpc) is 3.25. The van der Waals surface area contributed by atoms with Gasteiger partial charge in [0.05, 0.1) is 5.69 Å². The van der Waals surface area contributed by atoms with E-state index in [0.717, 1.165) is 5.56 Å². The number of aromatic amines is 1. The van der Waals surface area contributed by atoms with Gasteiger partial charge in [0.1, 0.15) is 5.69 Å². The second-order valence-corrected chi connectivity index (χ2v) is 7.17. The minimum absolute atomic E-state index is 0.106. The molecule has 0 aliphatic rings. The largest absolute Gasteiger partial charge is 0.450 e. The number of benzene rings is 2. The van der Waals surface area contributed by atoms with Crippen LogP contribution in [0.15, 0.2) is 60.7 Å². The molecule has 0 saturated carbocycles. The lowest BCUT2D eigenvalue weighted by molar-refractivity contribution is -0.118. The third-order valence-corrected chi connectivity index (χ3v) is 4.48. The van der Waals surface area contributed by atoms with Gasteiger partial charge in [-0.2, -0.15) is 5.10 Å². The van der Waals surface area contributed by atoms with Gasteiger partial charge in [-0.25, -0.2) is 4.79 Å². The number of Topliss-reactive ketones (excluding diaryl/α,β-unsaturated/α-hetero) is 1. The molecule has 30 heavy (non-hydrogen) atoms. The molecule has 0 spiro atoms. The van der Waals surface area contributed by atoms with Gasteiger partial charge in [0.25, 0.3) is 0 Å². The molecule has 0 bridgehead atoms. The van der Waals surface area contributed by atoms with Crippen LogP contribution in [0.3, 0.4) is 0 Å². The van der Waals surface area contributed by atoms with Gasteiger partial charge in [-0.1, -0.05) is 44.2 Å². The lowest BCUT2D eigenvalue weighted by Crippen LogP contribution is -2.24. The fourth-order valence-corrected chi connectivity index (χ4v) is 2.70. The van der Waals surface area contributed by atoms with Crippen LogP contribution < -0.4 is 5.32 Å². The SMILES string of the molecule is CC(C)C(=O)Nc1ccc(C(=O)[C@H](C)OC(=O)c2cc(-c3ccccc3)n[nH]2)cc1. The van der Waals surface area contributed by atoms with Crippen LogP contribution in [0.5, 0.6) is 0 Å². The summed E-state index contributed by atoms with van der Waals surface area (Å²) in [6.45, 7) is 5.11. The Morgan fingerprint density at radius 1 is 0.967 bits per heavy atom. The number of ether oxygens (including phenoxy) is 1. The molecule has 0 aliphatic heterocycles. The molecule has 1 heterocycles. The van der Waals surface area contributed by atoms with E-state index in [1.165, 1.54) is 6.92 Å². The Balaban J connectivity index is 1.62. The molecule has 0 fully saturated rings. The highest BCUT2D eigenvalue weighted by Crippen LogP contribution is 2.18. The summed E-state index contributed by atoms with van der Waals surface area (Å²) in [5, 5.41) is 9.52. The number of carbonyl (C=O) groups excluding carboxylic acids is 3. The van der Waals surface area contributed by atoms with Crippen molar-refractivity contribution in [2.24, 2.45) is 5.92 Å². The Labute approximate surface area is 174 Å². The summed E-state index contributed by atoms with van der Waals surface area (Å²) in [5.74, 6) is -1.25. The summed E-state index contributed by atoms with van der Waals surface area (Å²) in [5.41, 5.74) is 2.62. The number of hydrogen-bond acceptors (Lipinski definition) is 5. The number of aromatic nitrogens is 2. The lowest BCUT2D eigenvalue weighted by Gasteiger charge is -2.12. The molecule has 1 amide bonds. The maximum atomic E-state index is 12.6. The number of amides is 1. The van der Waals surface area contributed by atoms with E-state index in [9.17, 15) is 14.4 Å². The van der Waals surface area contributed by atoms with Crippen molar-refractivity contribution in [3.05, 3.63) is 71.9 Å². The molecule has 3 rings (SSSR count). The molecular weight excluding hydrogens is 382 g/mol. The van der Waals surface area contributed by atoms with Crippen molar-refractivity contribution in [2.75, 3.05) is 5.32 Å². The first-order chi connectivity index (χ1) is 14.3. The summed E-state index contributed by atoms with van der Waals surface area (Å²) in [4.78, 5) is 36.7. The number of ketones is 1. The fraction of sp³-hybridized carbons (Fsp3) is 0.217. The van der Waals surface area contributed by atoms with Crippen LogP contribution in [0.4, 0.5) is 5.69 Å². The van der Waals surface area contributed by atoms with Crippen molar-refractivity contribution >= 4 is 23.3 Å². The molecule has 1 atom stereocenters. The Kier molecular flexibility index (Phi) is 6.41. The van der Waals surface area contributed by atoms with Gasteiger partial charge >= 0.3 is 5.97 Å². The standard InChI is InChI=1S/C23H23N3O4/c1-14(2)22(28)24-18-11-9-17(10-12-18)21(27)15(3)30-23(29)20-13-19(25-26-20)16-7-5-4-6-8-16/h4-15H,1-3H3,(H,24,28)(H,25,26)/t15-/m0/s1. The van der Waals surface area contributed by atoms with E-state index in [0.29, 0.717) is 16.9 Å². The summed E-state index contributed by atoms with van der Waals surface area (Å²) >= 11 is 0. The third-order valence-electron chi connectivity index (χ3n) is 4.48. The van der Waals surface area contributed by atoms with Crippen LogP contribution in [-0.4, -0.2) is 34.0 Å². The Bertz CT molecular complexity index is 1040. The van der Waals surface area contributed by atoms with Crippen LogP contribution in [0, 0.1) is 5.92 Å². The predicted octanol–water partition coefficient (Wildman–Crippen LogP) is 4.10. The lowest BCUT2D eigenvalue weighted by atomic mass is 10.1. The van der Waals surface area contributed by atoms with Crippen molar-refractivity contribution in [3.63, 3.8) is 0 Å². The minimum atomic E-state index is -0.975. The average molecular weight is 405 g/mol. The molecule has 2 N–H and O–H groups in total. The second kappa shape index (κ2) is 9.17. The molecule has 154 valence electrons. The molecule has 1 aromatic heterocycles. The number of carbonyl (C=O) groups is 3.